The van der Waals surface area contributed by atoms with Gasteiger partial charge in [0.25, 0.3) is 5.91 Å². The maximum absolute atomic E-state index is 12.0. The van der Waals surface area contributed by atoms with E-state index in [1.807, 2.05) is 37.3 Å². The number of β-lactam (4-membered cyclic amide) rings is 1. The van der Waals surface area contributed by atoms with Crippen LogP contribution in [0.15, 0.2) is 30.3 Å². The summed E-state index contributed by atoms with van der Waals surface area (Å²) in [6.45, 7) is 7.44. The lowest BCUT2D eigenvalue weighted by atomic mass is 10.0. The van der Waals surface area contributed by atoms with Gasteiger partial charge in [-0.05, 0) is 33.3 Å². The van der Waals surface area contributed by atoms with Gasteiger partial charge in [0.2, 0.25) is 0 Å². The average Bonchev–Trinajstić information content (AvgIpc) is 2.44. The van der Waals surface area contributed by atoms with Gasteiger partial charge in [-0.15, -0.1) is 0 Å². The van der Waals surface area contributed by atoms with Crippen LogP contribution in [-0.4, -0.2) is 34.7 Å². The maximum Gasteiger partial charge on any atom is 0.408 e. The second-order valence-electron chi connectivity index (χ2n) is 6.29. The van der Waals surface area contributed by atoms with Crippen molar-refractivity contribution in [3.05, 3.63) is 35.9 Å². The molecule has 2 unspecified atom stereocenters. The molecule has 0 radical (unpaired) electrons. The van der Waals surface area contributed by atoms with E-state index in [4.69, 9.17) is 9.57 Å². The summed E-state index contributed by atoms with van der Waals surface area (Å²) in [7, 11) is 0. The number of nitrogens with one attached hydrogen (secondary N) is 1. The smallest absolute Gasteiger partial charge is 0.408 e. The van der Waals surface area contributed by atoms with Gasteiger partial charge in [-0.1, -0.05) is 30.3 Å². The second-order valence-corrected chi connectivity index (χ2v) is 6.29. The molecule has 1 aromatic rings. The predicted octanol–water partition coefficient (Wildman–Crippen LogP) is 2.24. The number of rotatable bonds is 4. The Kier molecular flexibility index (Phi) is 4.71. The highest BCUT2D eigenvalue weighted by Crippen LogP contribution is 2.22. The number of nitrogens with zero attached hydrogens (tertiary/aromatic N) is 1. The van der Waals surface area contributed by atoms with E-state index in [0.29, 0.717) is 6.61 Å². The quantitative estimate of drug-likeness (QED) is 0.866. The van der Waals surface area contributed by atoms with Crippen LogP contribution in [0.3, 0.4) is 0 Å². The summed E-state index contributed by atoms with van der Waals surface area (Å²) in [5.41, 5.74) is 0.384. The summed E-state index contributed by atoms with van der Waals surface area (Å²) in [6.07, 6.45) is -0.597. The van der Waals surface area contributed by atoms with Crippen molar-refractivity contribution >= 4 is 12.0 Å². The van der Waals surface area contributed by atoms with Gasteiger partial charge in [0.15, 0.2) is 0 Å². The number of amides is 2. The predicted molar refractivity (Wildman–Crippen MR) is 80.7 cm³/mol. The van der Waals surface area contributed by atoms with Crippen molar-refractivity contribution in [1.82, 2.24) is 10.4 Å². The van der Waals surface area contributed by atoms with Crippen LogP contribution in [0.1, 0.15) is 33.3 Å². The van der Waals surface area contributed by atoms with E-state index in [0.717, 1.165) is 5.56 Å². The fraction of sp³-hybridized carbons (Fsp3) is 0.500. The zero-order valence-electron chi connectivity index (χ0n) is 13.3. The second kappa shape index (κ2) is 6.36. The minimum absolute atomic E-state index is 0.233. The Morgan fingerprint density at radius 1 is 1.27 bits per heavy atom. The molecule has 0 spiro atoms. The van der Waals surface area contributed by atoms with Crippen LogP contribution in [0.5, 0.6) is 0 Å². The van der Waals surface area contributed by atoms with Crippen LogP contribution >= 0.6 is 0 Å². The number of ether oxygens (including phenoxy) is 1. The van der Waals surface area contributed by atoms with E-state index in [9.17, 15) is 9.59 Å². The van der Waals surface area contributed by atoms with E-state index in [1.54, 1.807) is 20.8 Å². The Morgan fingerprint density at radius 2 is 1.91 bits per heavy atom. The fourth-order valence-electron chi connectivity index (χ4n) is 2.11. The summed E-state index contributed by atoms with van der Waals surface area (Å²) in [5.74, 6) is -0.269. The summed E-state index contributed by atoms with van der Waals surface area (Å²) < 4.78 is 5.14. The molecule has 0 bridgehead atoms. The maximum atomic E-state index is 12.0. The van der Waals surface area contributed by atoms with E-state index in [2.05, 4.69) is 5.32 Å². The standard InChI is InChI=1S/C16H22N2O4/c1-11-13(17-15(20)22-16(2,3)4)14(19)18(11)21-10-12-8-6-5-7-9-12/h5-9,11,13H,10H2,1-4H3,(H,17,20). The van der Waals surface area contributed by atoms with Gasteiger partial charge in [0, 0.05) is 0 Å². The Labute approximate surface area is 130 Å². The van der Waals surface area contributed by atoms with Crippen molar-refractivity contribution in [2.24, 2.45) is 0 Å². The first-order chi connectivity index (χ1) is 10.3. The molecule has 1 heterocycles. The van der Waals surface area contributed by atoms with Crippen LogP contribution in [0.4, 0.5) is 4.79 Å². The third-order valence-electron chi connectivity index (χ3n) is 3.22. The molecule has 0 aromatic heterocycles. The van der Waals surface area contributed by atoms with Gasteiger partial charge in [-0.3, -0.25) is 9.63 Å². The molecule has 1 fully saturated rings. The van der Waals surface area contributed by atoms with Gasteiger partial charge >= 0.3 is 6.09 Å². The molecule has 1 aliphatic rings. The monoisotopic (exact) mass is 306 g/mol. The molecular weight excluding hydrogens is 284 g/mol. The number of benzene rings is 1. The van der Waals surface area contributed by atoms with Gasteiger partial charge < -0.3 is 10.1 Å². The van der Waals surface area contributed by atoms with Gasteiger partial charge in [-0.25, -0.2) is 9.86 Å². The number of carbonyl (C=O) groups excluding carboxylic acids is 2. The summed E-state index contributed by atoms with van der Waals surface area (Å²) >= 11 is 0. The molecule has 22 heavy (non-hydrogen) atoms. The number of hydrogen-bond donors (Lipinski definition) is 1. The average molecular weight is 306 g/mol. The van der Waals surface area contributed by atoms with E-state index in [-0.39, 0.29) is 11.9 Å². The first kappa shape index (κ1) is 16.3. The first-order valence-corrected chi connectivity index (χ1v) is 7.27. The number of carbonyl (C=O) groups is 2. The molecule has 6 nitrogen and oxygen atoms in total. The minimum Gasteiger partial charge on any atom is -0.444 e. The van der Waals surface area contributed by atoms with Crippen LogP contribution in [0.25, 0.3) is 0 Å². The summed E-state index contributed by atoms with van der Waals surface area (Å²) in [5, 5.41) is 3.85. The molecule has 1 aromatic carbocycles. The van der Waals surface area contributed by atoms with Crippen LogP contribution in [0, 0.1) is 0 Å². The lowest BCUT2D eigenvalue weighted by Gasteiger charge is -2.43. The SMILES string of the molecule is CC1C(NC(=O)OC(C)(C)C)C(=O)N1OCc1ccccc1. The van der Waals surface area contributed by atoms with Crippen LogP contribution in [-0.2, 0) is 21.0 Å². The van der Waals surface area contributed by atoms with E-state index >= 15 is 0 Å². The van der Waals surface area contributed by atoms with Crippen LogP contribution in [0.2, 0.25) is 0 Å². The molecule has 2 amide bonds. The third-order valence-corrected chi connectivity index (χ3v) is 3.22. The third kappa shape index (κ3) is 3.98. The number of hydrogen-bond acceptors (Lipinski definition) is 4. The highest BCUT2D eigenvalue weighted by molar-refractivity contribution is 5.91. The molecule has 0 saturated carbocycles. The zero-order valence-corrected chi connectivity index (χ0v) is 13.3. The summed E-state index contributed by atoms with van der Waals surface area (Å²) in [4.78, 5) is 29.2. The topological polar surface area (TPSA) is 67.9 Å². The molecule has 6 heteroatoms. The molecule has 2 rings (SSSR count). The highest BCUT2D eigenvalue weighted by Gasteiger charge is 2.47. The molecule has 120 valence electrons. The Balaban J connectivity index is 1.82. The largest absolute Gasteiger partial charge is 0.444 e. The first-order valence-electron chi connectivity index (χ1n) is 7.27. The minimum atomic E-state index is -0.606. The molecular formula is C16H22N2O4. The molecule has 1 saturated heterocycles. The van der Waals surface area contributed by atoms with Crippen molar-refractivity contribution in [2.75, 3.05) is 0 Å². The Morgan fingerprint density at radius 3 is 2.45 bits per heavy atom. The molecule has 2 atom stereocenters. The van der Waals surface area contributed by atoms with Gasteiger partial charge in [0.05, 0.1) is 6.04 Å². The molecule has 0 aliphatic carbocycles. The van der Waals surface area contributed by atoms with E-state index < -0.39 is 17.7 Å². The van der Waals surface area contributed by atoms with Gasteiger partial charge in [-0.2, -0.15) is 0 Å². The van der Waals surface area contributed by atoms with Crippen molar-refractivity contribution < 1.29 is 19.2 Å². The highest BCUT2D eigenvalue weighted by atomic mass is 16.7. The lowest BCUT2D eigenvalue weighted by molar-refractivity contribution is -0.237. The summed E-state index contributed by atoms with van der Waals surface area (Å²) in [6, 6.07) is 8.74. The van der Waals surface area contributed by atoms with Gasteiger partial charge in [0.1, 0.15) is 18.2 Å². The Bertz CT molecular complexity index is 539. The van der Waals surface area contributed by atoms with Crippen molar-refractivity contribution in [2.45, 2.75) is 52.0 Å². The normalized spacial score (nSPS) is 21.3. The number of alkyl carbamates (subject to hydrolysis) is 1. The molecule has 1 N–H and O–H groups in total. The van der Waals surface area contributed by atoms with Crippen molar-refractivity contribution in [3.8, 4) is 0 Å². The molecule has 1 aliphatic heterocycles. The van der Waals surface area contributed by atoms with Crippen LogP contribution < -0.4 is 5.32 Å². The van der Waals surface area contributed by atoms with Crippen molar-refractivity contribution in [3.63, 3.8) is 0 Å². The fourth-order valence-corrected chi connectivity index (χ4v) is 2.11. The van der Waals surface area contributed by atoms with Crippen molar-refractivity contribution in [1.29, 1.82) is 0 Å². The Hall–Kier alpha value is -2.08. The zero-order chi connectivity index (χ0) is 16.3. The lowest BCUT2D eigenvalue weighted by Crippen LogP contribution is -2.69. The number of hydroxylamine groups is 2. The van der Waals surface area contributed by atoms with E-state index in [1.165, 1.54) is 5.06 Å².